The summed E-state index contributed by atoms with van der Waals surface area (Å²) in [7, 11) is 0. The third-order valence-corrected chi connectivity index (χ3v) is 7.07. The molecule has 0 amide bonds. The molecule has 2 aliphatic rings. The monoisotopic (exact) mass is 432 g/mol. The molecule has 3 aromatic rings. The van der Waals surface area contributed by atoms with Gasteiger partial charge in [0.05, 0.1) is 11.6 Å². The molecular weight excluding hydrogens is 400 g/mol. The predicted octanol–water partition coefficient (Wildman–Crippen LogP) is 7.65. The summed E-state index contributed by atoms with van der Waals surface area (Å²) in [5.74, 6) is 2.08. The van der Waals surface area contributed by atoms with E-state index >= 15 is 0 Å². The van der Waals surface area contributed by atoms with E-state index in [1.54, 1.807) is 0 Å². The van der Waals surface area contributed by atoms with Gasteiger partial charge in [-0.25, -0.2) is 0 Å². The molecule has 2 unspecified atom stereocenters. The van der Waals surface area contributed by atoms with Crippen molar-refractivity contribution in [1.82, 2.24) is 0 Å². The first-order chi connectivity index (χ1) is 15.9. The summed E-state index contributed by atoms with van der Waals surface area (Å²) < 4.78 is 0. The van der Waals surface area contributed by atoms with Gasteiger partial charge in [-0.3, -0.25) is 4.99 Å². The molecule has 1 aliphatic carbocycles. The fourth-order valence-corrected chi connectivity index (χ4v) is 5.22. The van der Waals surface area contributed by atoms with Gasteiger partial charge in [-0.15, -0.1) is 0 Å². The van der Waals surface area contributed by atoms with E-state index in [0.717, 1.165) is 18.5 Å². The third kappa shape index (κ3) is 4.25. The Kier molecular flexibility index (Phi) is 5.67. The van der Waals surface area contributed by atoms with Crippen LogP contribution in [0.4, 0.5) is 0 Å². The van der Waals surface area contributed by atoms with Crippen molar-refractivity contribution in [2.45, 2.75) is 52.4 Å². The maximum atomic E-state index is 9.38. The molecule has 0 saturated heterocycles. The molecule has 2 heteroatoms. The Morgan fingerprint density at radius 1 is 0.970 bits per heavy atom. The van der Waals surface area contributed by atoms with Crippen LogP contribution in [0.3, 0.4) is 0 Å². The zero-order valence-electron chi connectivity index (χ0n) is 20.1. The van der Waals surface area contributed by atoms with Gasteiger partial charge >= 0.3 is 0 Å². The van der Waals surface area contributed by atoms with E-state index in [1.165, 1.54) is 50.7 Å². The lowest BCUT2D eigenvalue weighted by molar-refractivity contribution is 0.836. The van der Waals surface area contributed by atoms with Gasteiger partial charge in [0.1, 0.15) is 0 Å². The van der Waals surface area contributed by atoms with Gasteiger partial charge in [0, 0.05) is 12.3 Å². The van der Waals surface area contributed by atoms with Crippen LogP contribution in [-0.2, 0) is 6.42 Å². The number of fused-ring (bicyclic) bond motifs is 2. The largest absolute Gasteiger partial charge is 0.289 e. The smallest absolute Gasteiger partial charge is 0.0991 e. The van der Waals surface area contributed by atoms with Crippen LogP contribution in [0.5, 0.6) is 0 Å². The van der Waals surface area contributed by atoms with Crippen molar-refractivity contribution >= 4 is 22.6 Å². The molecule has 0 spiro atoms. The number of nitrogens with zero attached hydrogens (tertiary/aromatic N) is 2. The number of rotatable bonds is 5. The molecule has 5 rings (SSSR count). The Labute approximate surface area is 197 Å². The minimum atomic E-state index is 0.461. The highest BCUT2D eigenvalue weighted by molar-refractivity contribution is 6.04. The molecular formula is C31H32N2. The van der Waals surface area contributed by atoms with Gasteiger partial charge in [0.15, 0.2) is 0 Å². The average Bonchev–Trinajstić information content (AvgIpc) is 3.62. The molecule has 1 heterocycles. The van der Waals surface area contributed by atoms with Crippen LogP contribution in [0.25, 0.3) is 16.8 Å². The Balaban J connectivity index is 1.50. The maximum Gasteiger partial charge on any atom is 0.0991 e. The second-order valence-electron chi connectivity index (χ2n) is 10.3. The topological polar surface area (TPSA) is 36.1 Å². The Morgan fingerprint density at radius 3 is 2.55 bits per heavy atom. The van der Waals surface area contributed by atoms with Crippen molar-refractivity contribution in [1.29, 1.82) is 5.26 Å². The molecule has 1 fully saturated rings. The Hall–Kier alpha value is -3.18. The SMILES string of the molecule is CC(C)C=Cc1cc(C2CC2c2ccc3c(c2)C(C(C)C)=NCC3)cc2ccc(C#N)cc12. The molecule has 166 valence electrons. The highest BCUT2D eigenvalue weighted by atomic mass is 14.8. The van der Waals surface area contributed by atoms with Gasteiger partial charge in [0.2, 0.25) is 0 Å². The number of nitriles is 1. The molecule has 2 nitrogen and oxygen atoms in total. The van der Waals surface area contributed by atoms with Crippen molar-refractivity contribution in [2.24, 2.45) is 16.8 Å². The predicted molar refractivity (Wildman–Crippen MR) is 139 cm³/mol. The number of allylic oxidation sites excluding steroid dienone is 1. The quantitative estimate of drug-likeness (QED) is 0.408. The van der Waals surface area contributed by atoms with Gasteiger partial charge in [-0.2, -0.15) is 5.26 Å². The molecule has 1 saturated carbocycles. The summed E-state index contributed by atoms with van der Waals surface area (Å²) >= 11 is 0. The summed E-state index contributed by atoms with van der Waals surface area (Å²) in [5.41, 5.74) is 8.91. The number of hydrogen-bond acceptors (Lipinski definition) is 2. The second-order valence-corrected chi connectivity index (χ2v) is 10.3. The lowest BCUT2D eigenvalue weighted by Crippen LogP contribution is -2.18. The Bertz CT molecular complexity index is 1320. The zero-order valence-corrected chi connectivity index (χ0v) is 20.1. The lowest BCUT2D eigenvalue weighted by Gasteiger charge is -2.20. The number of hydrogen-bond donors (Lipinski definition) is 0. The minimum Gasteiger partial charge on any atom is -0.289 e. The van der Waals surface area contributed by atoms with Gasteiger partial charge in [0.25, 0.3) is 0 Å². The van der Waals surface area contributed by atoms with E-state index in [1.807, 2.05) is 12.1 Å². The zero-order chi connectivity index (χ0) is 23.1. The summed E-state index contributed by atoms with van der Waals surface area (Å²) in [6.07, 6.45) is 6.74. The van der Waals surface area contributed by atoms with Crippen molar-refractivity contribution < 1.29 is 0 Å². The van der Waals surface area contributed by atoms with Crippen LogP contribution in [0, 0.1) is 23.2 Å². The highest BCUT2D eigenvalue weighted by Crippen LogP contribution is 2.55. The first kappa shape index (κ1) is 21.7. The van der Waals surface area contributed by atoms with E-state index in [9.17, 15) is 5.26 Å². The van der Waals surface area contributed by atoms with Crippen LogP contribution in [0.1, 0.15) is 79.3 Å². The minimum absolute atomic E-state index is 0.461. The molecule has 0 N–H and O–H groups in total. The second kappa shape index (κ2) is 8.64. The van der Waals surface area contributed by atoms with Crippen molar-refractivity contribution in [2.75, 3.05) is 6.54 Å². The van der Waals surface area contributed by atoms with E-state index < -0.39 is 0 Å². The standard InChI is InChI=1S/C31H32N2/c1-19(2)5-7-23-14-26(15-24-8-6-21(18-32)13-27(23)24)29-17-28(29)25-10-9-22-11-12-33-31(20(3)4)30(22)16-25/h5-10,13-16,19-20,28-29H,11-12,17H2,1-4H3. The molecule has 0 radical (unpaired) electrons. The van der Waals surface area contributed by atoms with E-state index in [0.29, 0.717) is 23.7 Å². The van der Waals surface area contributed by atoms with Crippen LogP contribution in [0.2, 0.25) is 0 Å². The van der Waals surface area contributed by atoms with E-state index in [2.05, 4.69) is 82.3 Å². The van der Waals surface area contributed by atoms with E-state index in [-0.39, 0.29) is 0 Å². The van der Waals surface area contributed by atoms with E-state index in [4.69, 9.17) is 4.99 Å². The first-order valence-electron chi connectivity index (χ1n) is 12.3. The van der Waals surface area contributed by atoms with Gasteiger partial charge < -0.3 is 0 Å². The van der Waals surface area contributed by atoms with Crippen LogP contribution in [-0.4, -0.2) is 12.3 Å². The first-order valence-corrected chi connectivity index (χ1v) is 12.3. The van der Waals surface area contributed by atoms with Gasteiger partial charge in [-0.1, -0.05) is 70.2 Å². The molecule has 0 aromatic heterocycles. The van der Waals surface area contributed by atoms with Crippen molar-refractivity contribution in [3.05, 3.63) is 88.0 Å². The van der Waals surface area contributed by atoms with Crippen LogP contribution >= 0.6 is 0 Å². The molecule has 33 heavy (non-hydrogen) atoms. The summed E-state index contributed by atoms with van der Waals surface area (Å²) in [5, 5.41) is 11.8. The third-order valence-electron chi connectivity index (χ3n) is 7.07. The molecule has 3 aromatic carbocycles. The van der Waals surface area contributed by atoms with Crippen molar-refractivity contribution in [3.8, 4) is 6.07 Å². The Morgan fingerprint density at radius 2 is 1.79 bits per heavy atom. The fourth-order valence-electron chi connectivity index (χ4n) is 5.22. The van der Waals surface area contributed by atoms with Gasteiger partial charge in [-0.05, 0) is 93.3 Å². The molecule has 1 aliphatic heterocycles. The number of benzene rings is 3. The maximum absolute atomic E-state index is 9.38. The highest BCUT2D eigenvalue weighted by Gasteiger charge is 2.40. The normalized spacial score (nSPS) is 19.7. The molecule has 0 bridgehead atoms. The number of aliphatic imine (C=N–C) groups is 1. The van der Waals surface area contributed by atoms with Crippen molar-refractivity contribution in [3.63, 3.8) is 0 Å². The fraction of sp³-hybridized carbons (Fsp3) is 0.355. The molecule has 2 atom stereocenters. The van der Waals surface area contributed by atoms with Crippen LogP contribution in [0.15, 0.2) is 59.6 Å². The lowest BCUT2D eigenvalue weighted by atomic mass is 9.89. The summed E-state index contributed by atoms with van der Waals surface area (Å²) in [6, 6.07) is 20.2. The summed E-state index contributed by atoms with van der Waals surface area (Å²) in [4.78, 5) is 4.85. The van der Waals surface area contributed by atoms with Crippen LogP contribution < -0.4 is 0 Å². The average molecular weight is 433 g/mol. The summed E-state index contributed by atoms with van der Waals surface area (Å²) in [6.45, 7) is 9.82.